The third-order valence-electron chi connectivity index (χ3n) is 1.05. The molecule has 0 saturated carbocycles. The van der Waals surface area contributed by atoms with Crippen LogP contribution in [-0.2, 0) is 0 Å². The van der Waals surface area contributed by atoms with Gasteiger partial charge in [-0.2, -0.15) is 0 Å². The van der Waals surface area contributed by atoms with E-state index < -0.39 is 6.03 Å². The summed E-state index contributed by atoms with van der Waals surface area (Å²) in [6.07, 6.45) is 0. The van der Waals surface area contributed by atoms with Gasteiger partial charge in [0, 0.05) is 19.6 Å². The zero-order valence-corrected chi connectivity index (χ0v) is 7.83. The molecule has 70 valence electrons. The fourth-order valence-electron chi connectivity index (χ4n) is 0.585. The van der Waals surface area contributed by atoms with Crippen LogP contribution in [0.3, 0.4) is 0 Å². The van der Waals surface area contributed by atoms with Crippen LogP contribution in [0, 0.1) is 0 Å². The Morgan fingerprint density at radius 1 is 1.33 bits per heavy atom. The maximum absolute atomic E-state index is 10.2. The van der Waals surface area contributed by atoms with Crippen molar-refractivity contribution >= 4 is 23.4 Å². The number of hydrogen-bond donors (Lipinski definition) is 4. The van der Waals surface area contributed by atoms with Crippen LogP contribution in [0.4, 0.5) is 4.79 Å². The summed E-state index contributed by atoms with van der Waals surface area (Å²) >= 11 is 4.87. The Morgan fingerprint density at radius 3 is 2.42 bits per heavy atom. The van der Waals surface area contributed by atoms with Gasteiger partial charge in [-0.15, -0.1) is 0 Å². The number of thiocarbonyl (C=S) groups is 1. The van der Waals surface area contributed by atoms with E-state index in [1.165, 1.54) is 0 Å². The summed E-state index contributed by atoms with van der Waals surface area (Å²) < 4.78 is 0. The van der Waals surface area contributed by atoms with Crippen molar-refractivity contribution in [3.05, 3.63) is 0 Å². The third kappa shape index (κ3) is 7.07. The first-order chi connectivity index (χ1) is 5.66. The van der Waals surface area contributed by atoms with Crippen molar-refractivity contribution in [1.29, 1.82) is 0 Å². The highest BCUT2D eigenvalue weighted by atomic mass is 32.1. The van der Waals surface area contributed by atoms with Gasteiger partial charge < -0.3 is 21.7 Å². The van der Waals surface area contributed by atoms with Crippen LogP contribution in [0.15, 0.2) is 0 Å². The van der Waals surface area contributed by atoms with Gasteiger partial charge in [-0.25, -0.2) is 4.79 Å². The normalized spacial score (nSPS) is 8.75. The van der Waals surface area contributed by atoms with E-state index >= 15 is 0 Å². The predicted octanol–water partition coefficient (Wildman–Crippen LogP) is -0.861. The van der Waals surface area contributed by atoms with Crippen molar-refractivity contribution in [3.8, 4) is 0 Å². The highest BCUT2D eigenvalue weighted by molar-refractivity contribution is 7.80. The summed E-state index contributed by atoms with van der Waals surface area (Å²) in [5, 5.41) is 8.82. The van der Waals surface area contributed by atoms with E-state index in [-0.39, 0.29) is 0 Å². The Kier molecular flexibility index (Phi) is 6.08. The van der Waals surface area contributed by atoms with Crippen LogP contribution in [0.2, 0.25) is 0 Å². The molecule has 0 spiro atoms. The molecule has 0 radical (unpaired) electrons. The summed E-state index contributed by atoms with van der Waals surface area (Å²) in [7, 11) is 0. The van der Waals surface area contributed by atoms with Crippen LogP contribution in [0.25, 0.3) is 0 Å². The number of rotatable bonds is 4. The topological polar surface area (TPSA) is 79.2 Å². The predicted molar refractivity (Wildman–Crippen MR) is 51.9 cm³/mol. The molecule has 0 aliphatic carbocycles. The molecule has 0 aromatic rings. The number of nitrogens with one attached hydrogen (secondary N) is 3. The molecule has 6 heteroatoms. The Bertz CT molecular complexity index is 162. The lowest BCUT2D eigenvalue weighted by Gasteiger charge is -2.08. The number of carbonyl (C=O) groups excluding carboxylic acids is 1. The van der Waals surface area contributed by atoms with Gasteiger partial charge in [-0.05, 0) is 19.1 Å². The van der Waals surface area contributed by atoms with Crippen molar-refractivity contribution in [2.75, 3.05) is 19.6 Å². The summed E-state index contributed by atoms with van der Waals surface area (Å²) in [5.74, 6) is 0. The van der Waals surface area contributed by atoms with E-state index in [4.69, 9.17) is 18.0 Å². The second-order valence-corrected chi connectivity index (χ2v) is 2.49. The number of hydrogen-bond acceptors (Lipinski definition) is 2. The second kappa shape index (κ2) is 6.66. The zero-order chi connectivity index (χ0) is 9.40. The van der Waals surface area contributed by atoms with Crippen LogP contribution in [0.5, 0.6) is 0 Å². The summed E-state index contributed by atoms with van der Waals surface area (Å²) in [4.78, 5) is 10.2. The molecule has 5 nitrogen and oxygen atoms in total. The van der Waals surface area contributed by atoms with Gasteiger partial charge in [0.05, 0.1) is 0 Å². The summed E-state index contributed by atoms with van der Waals surface area (Å²) in [5.41, 5.74) is 4.84. The minimum Gasteiger partial charge on any atom is -0.363 e. The van der Waals surface area contributed by atoms with Crippen LogP contribution in [0.1, 0.15) is 6.92 Å². The SMILES string of the molecule is CCNC(=S)NCCNC(N)=O. The molecule has 0 aliphatic heterocycles. The Labute approximate surface area is 77.1 Å². The van der Waals surface area contributed by atoms with Gasteiger partial charge in [-0.1, -0.05) is 0 Å². The monoisotopic (exact) mass is 190 g/mol. The lowest BCUT2D eigenvalue weighted by atomic mass is 10.6. The van der Waals surface area contributed by atoms with Crippen molar-refractivity contribution < 1.29 is 4.79 Å². The van der Waals surface area contributed by atoms with Crippen LogP contribution < -0.4 is 21.7 Å². The van der Waals surface area contributed by atoms with E-state index in [0.717, 1.165) is 6.54 Å². The molecule has 0 aromatic heterocycles. The van der Waals surface area contributed by atoms with Crippen molar-refractivity contribution in [2.24, 2.45) is 5.73 Å². The van der Waals surface area contributed by atoms with Crippen LogP contribution in [-0.4, -0.2) is 30.8 Å². The zero-order valence-electron chi connectivity index (χ0n) is 7.02. The molecule has 0 aromatic carbocycles. The Balaban J connectivity index is 3.19. The standard InChI is InChI=1S/C6H14N4OS/c1-2-8-6(12)10-4-3-9-5(7)11/h2-4H2,1H3,(H3,7,9,11)(H2,8,10,12). The third-order valence-corrected chi connectivity index (χ3v) is 1.34. The van der Waals surface area contributed by atoms with Crippen molar-refractivity contribution in [3.63, 3.8) is 0 Å². The maximum Gasteiger partial charge on any atom is 0.312 e. The minimum atomic E-state index is -0.522. The first-order valence-electron chi connectivity index (χ1n) is 3.71. The molecule has 0 unspecified atom stereocenters. The van der Waals surface area contributed by atoms with Crippen molar-refractivity contribution in [1.82, 2.24) is 16.0 Å². The molecule has 0 fully saturated rings. The highest BCUT2D eigenvalue weighted by Gasteiger charge is 1.92. The molecule has 2 amide bonds. The van der Waals surface area contributed by atoms with Gasteiger partial charge >= 0.3 is 6.03 Å². The first kappa shape index (κ1) is 11.0. The van der Waals surface area contributed by atoms with E-state index in [0.29, 0.717) is 18.2 Å². The van der Waals surface area contributed by atoms with Gasteiger partial charge in [-0.3, -0.25) is 0 Å². The van der Waals surface area contributed by atoms with E-state index in [9.17, 15) is 4.79 Å². The van der Waals surface area contributed by atoms with Crippen LogP contribution >= 0.6 is 12.2 Å². The lowest BCUT2D eigenvalue weighted by molar-refractivity contribution is 0.249. The Morgan fingerprint density at radius 2 is 1.92 bits per heavy atom. The molecular weight excluding hydrogens is 176 g/mol. The molecular formula is C6H14N4OS. The molecule has 0 aliphatic rings. The highest BCUT2D eigenvalue weighted by Crippen LogP contribution is 1.65. The van der Waals surface area contributed by atoms with Gasteiger partial charge in [0.2, 0.25) is 0 Å². The molecule has 0 atom stereocenters. The summed E-state index contributed by atoms with van der Waals surface area (Å²) in [6.45, 7) is 3.79. The first-order valence-corrected chi connectivity index (χ1v) is 4.12. The number of amides is 2. The van der Waals surface area contributed by atoms with E-state index in [1.807, 2.05) is 6.92 Å². The fourth-order valence-corrected chi connectivity index (χ4v) is 0.831. The van der Waals surface area contributed by atoms with Gasteiger partial charge in [0.15, 0.2) is 5.11 Å². The molecule has 12 heavy (non-hydrogen) atoms. The maximum atomic E-state index is 10.2. The van der Waals surface area contributed by atoms with Gasteiger partial charge in [0.1, 0.15) is 0 Å². The smallest absolute Gasteiger partial charge is 0.312 e. The van der Waals surface area contributed by atoms with Gasteiger partial charge in [0.25, 0.3) is 0 Å². The number of nitrogens with two attached hydrogens (primary N) is 1. The van der Waals surface area contributed by atoms with Crippen molar-refractivity contribution in [2.45, 2.75) is 6.92 Å². The molecule has 0 saturated heterocycles. The average Bonchev–Trinajstić information content (AvgIpc) is 1.98. The number of carbonyl (C=O) groups is 1. The lowest BCUT2D eigenvalue weighted by Crippen LogP contribution is -2.41. The molecule has 0 rings (SSSR count). The number of urea groups is 1. The largest absolute Gasteiger partial charge is 0.363 e. The quantitative estimate of drug-likeness (QED) is 0.343. The molecule has 5 N–H and O–H groups in total. The van der Waals surface area contributed by atoms with E-state index in [1.54, 1.807) is 0 Å². The molecule has 0 bridgehead atoms. The fraction of sp³-hybridized carbons (Fsp3) is 0.667. The summed E-state index contributed by atoms with van der Waals surface area (Å²) in [6, 6.07) is -0.522. The average molecular weight is 190 g/mol. The second-order valence-electron chi connectivity index (χ2n) is 2.08. The minimum absolute atomic E-state index is 0.473. The Hall–Kier alpha value is -1.04. The molecule has 0 heterocycles. The van der Waals surface area contributed by atoms with E-state index in [2.05, 4.69) is 16.0 Å². The number of primary amides is 1.